The Morgan fingerprint density at radius 1 is 1.22 bits per heavy atom. The van der Waals surface area contributed by atoms with Gasteiger partial charge in [0.1, 0.15) is 0 Å². The number of aromatic nitrogens is 1. The zero-order chi connectivity index (χ0) is 18.6. The molecule has 0 radical (unpaired) electrons. The number of piperazine rings is 1. The molecule has 0 saturated carbocycles. The molecule has 1 N–H and O–H groups in total. The third kappa shape index (κ3) is 4.36. The molecule has 4 rings (SSSR count). The molecule has 0 atom stereocenters. The van der Waals surface area contributed by atoms with Crippen LogP contribution in [-0.2, 0) is 29.0 Å². The summed E-state index contributed by atoms with van der Waals surface area (Å²) in [5.74, 6) is -0.0203. The molecule has 1 aliphatic carbocycles. The number of hydrogen-bond acceptors (Lipinski definition) is 5. The standard InChI is InChI=1S/C20H24N4O2S/c25-18-13-23(11-10-21-18)14-19(26)24(12-15-6-2-1-3-7-15)20-22-16-8-4-5-9-17(16)27-20/h1-3,6-7H,4-5,8-14H2,(H,21,25). The number of rotatable bonds is 5. The Labute approximate surface area is 163 Å². The SMILES string of the molecule is O=C1CN(CC(=O)N(Cc2ccccc2)c2nc3c(s2)CCCC3)CCN1. The molecule has 6 nitrogen and oxygen atoms in total. The van der Waals surface area contributed by atoms with Crippen LogP contribution in [0.25, 0.3) is 0 Å². The lowest BCUT2D eigenvalue weighted by Crippen LogP contribution is -2.51. The number of aryl methyl sites for hydroxylation is 2. The Bertz CT molecular complexity index is 797. The van der Waals surface area contributed by atoms with Crippen molar-refractivity contribution in [2.24, 2.45) is 0 Å². The molecule has 1 aromatic heterocycles. The fourth-order valence-corrected chi connectivity index (χ4v) is 4.75. The second-order valence-corrected chi connectivity index (χ2v) is 8.16. The lowest BCUT2D eigenvalue weighted by atomic mass is 10.0. The maximum Gasteiger partial charge on any atom is 0.243 e. The second-order valence-electron chi connectivity index (χ2n) is 7.10. The number of anilines is 1. The molecular formula is C20H24N4O2S. The molecule has 2 heterocycles. The Morgan fingerprint density at radius 2 is 2.04 bits per heavy atom. The predicted octanol–water partition coefficient (Wildman–Crippen LogP) is 1.99. The number of benzene rings is 1. The van der Waals surface area contributed by atoms with Gasteiger partial charge in [0.15, 0.2) is 5.13 Å². The zero-order valence-electron chi connectivity index (χ0n) is 15.3. The van der Waals surface area contributed by atoms with Crippen molar-refractivity contribution in [1.82, 2.24) is 15.2 Å². The minimum absolute atomic E-state index is 0.000324. The van der Waals surface area contributed by atoms with Crippen LogP contribution in [0.3, 0.4) is 0 Å². The quantitative estimate of drug-likeness (QED) is 0.856. The fourth-order valence-electron chi connectivity index (χ4n) is 3.59. The number of nitrogens with one attached hydrogen (secondary N) is 1. The van der Waals surface area contributed by atoms with Gasteiger partial charge in [0.05, 0.1) is 25.3 Å². The number of carbonyl (C=O) groups is 2. The van der Waals surface area contributed by atoms with Crippen molar-refractivity contribution in [3.05, 3.63) is 46.5 Å². The molecular weight excluding hydrogens is 360 g/mol. The van der Waals surface area contributed by atoms with Crippen molar-refractivity contribution in [3.8, 4) is 0 Å². The molecule has 1 fully saturated rings. The van der Waals surface area contributed by atoms with Gasteiger partial charge in [0.25, 0.3) is 0 Å². The van der Waals surface area contributed by atoms with Crippen LogP contribution in [0.15, 0.2) is 30.3 Å². The maximum atomic E-state index is 13.2. The Morgan fingerprint density at radius 3 is 2.81 bits per heavy atom. The number of fused-ring (bicyclic) bond motifs is 1. The average Bonchev–Trinajstić information content (AvgIpc) is 3.10. The van der Waals surface area contributed by atoms with Crippen molar-refractivity contribution < 1.29 is 9.59 Å². The first-order chi connectivity index (χ1) is 13.2. The number of carbonyl (C=O) groups excluding carboxylic acids is 2. The summed E-state index contributed by atoms with van der Waals surface area (Å²) in [6.07, 6.45) is 4.44. The van der Waals surface area contributed by atoms with Crippen LogP contribution in [0.5, 0.6) is 0 Å². The molecule has 0 bridgehead atoms. The van der Waals surface area contributed by atoms with Gasteiger partial charge in [-0.25, -0.2) is 4.98 Å². The van der Waals surface area contributed by atoms with Crippen LogP contribution in [0.1, 0.15) is 29.0 Å². The Balaban J connectivity index is 1.56. The molecule has 1 saturated heterocycles. The first-order valence-corrected chi connectivity index (χ1v) is 10.3. The van der Waals surface area contributed by atoms with E-state index < -0.39 is 0 Å². The molecule has 0 spiro atoms. The van der Waals surface area contributed by atoms with Crippen molar-refractivity contribution in [2.45, 2.75) is 32.2 Å². The molecule has 27 heavy (non-hydrogen) atoms. The summed E-state index contributed by atoms with van der Waals surface area (Å²) in [5.41, 5.74) is 2.24. The van der Waals surface area contributed by atoms with E-state index in [0.717, 1.165) is 29.2 Å². The van der Waals surface area contributed by atoms with E-state index in [1.165, 1.54) is 17.7 Å². The van der Waals surface area contributed by atoms with Gasteiger partial charge in [-0.2, -0.15) is 0 Å². The highest BCUT2D eigenvalue weighted by Crippen LogP contribution is 2.32. The van der Waals surface area contributed by atoms with E-state index in [9.17, 15) is 9.59 Å². The summed E-state index contributed by atoms with van der Waals surface area (Å²) < 4.78 is 0. The van der Waals surface area contributed by atoms with E-state index in [2.05, 4.69) is 5.32 Å². The molecule has 2 aromatic rings. The molecule has 2 aliphatic rings. The van der Waals surface area contributed by atoms with Crippen LogP contribution in [-0.4, -0.2) is 47.9 Å². The van der Waals surface area contributed by atoms with Crippen molar-refractivity contribution >= 4 is 28.3 Å². The topological polar surface area (TPSA) is 65.5 Å². The zero-order valence-corrected chi connectivity index (χ0v) is 16.1. The van der Waals surface area contributed by atoms with E-state index in [0.29, 0.717) is 19.6 Å². The number of thiazole rings is 1. The fraction of sp³-hybridized carbons (Fsp3) is 0.450. The molecule has 0 unspecified atom stereocenters. The lowest BCUT2D eigenvalue weighted by Gasteiger charge is -2.28. The number of hydrogen-bond donors (Lipinski definition) is 1. The van der Waals surface area contributed by atoms with E-state index in [-0.39, 0.29) is 24.9 Å². The summed E-state index contributed by atoms with van der Waals surface area (Å²) in [6, 6.07) is 10.0. The molecule has 1 aromatic carbocycles. The highest BCUT2D eigenvalue weighted by atomic mass is 32.1. The minimum Gasteiger partial charge on any atom is -0.354 e. The smallest absolute Gasteiger partial charge is 0.243 e. The highest BCUT2D eigenvalue weighted by Gasteiger charge is 2.26. The summed E-state index contributed by atoms with van der Waals surface area (Å²) in [6.45, 7) is 2.32. The molecule has 7 heteroatoms. The summed E-state index contributed by atoms with van der Waals surface area (Å²) >= 11 is 1.65. The van der Waals surface area contributed by atoms with Crippen molar-refractivity contribution in [1.29, 1.82) is 0 Å². The normalized spacial score (nSPS) is 17.3. The van der Waals surface area contributed by atoms with Gasteiger partial charge in [-0.3, -0.25) is 19.4 Å². The van der Waals surface area contributed by atoms with Gasteiger partial charge in [-0.1, -0.05) is 30.3 Å². The van der Waals surface area contributed by atoms with Gasteiger partial charge in [0, 0.05) is 18.0 Å². The highest BCUT2D eigenvalue weighted by molar-refractivity contribution is 7.15. The average molecular weight is 385 g/mol. The third-order valence-electron chi connectivity index (χ3n) is 5.03. The Kier molecular flexibility index (Phi) is 5.50. The summed E-state index contributed by atoms with van der Waals surface area (Å²) in [5, 5.41) is 3.59. The van der Waals surface area contributed by atoms with Crippen LogP contribution < -0.4 is 10.2 Å². The molecule has 2 amide bonds. The van der Waals surface area contributed by atoms with E-state index >= 15 is 0 Å². The van der Waals surface area contributed by atoms with Crippen LogP contribution in [0.2, 0.25) is 0 Å². The monoisotopic (exact) mass is 384 g/mol. The lowest BCUT2D eigenvalue weighted by molar-refractivity contribution is -0.126. The minimum atomic E-state index is -0.0200. The van der Waals surface area contributed by atoms with E-state index in [4.69, 9.17) is 4.98 Å². The molecule has 142 valence electrons. The van der Waals surface area contributed by atoms with E-state index in [1.807, 2.05) is 35.2 Å². The van der Waals surface area contributed by atoms with Gasteiger partial charge < -0.3 is 5.32 Å². The Hall–Kier alpha value is -2.25. The number of nitrogens with zero attached hydrogens (tertiary/aromatic N) is 3. The van der Waals surface area contributed by atoms with Gasteiger partial charge in [-0.05, 0) is 31.2 Å². The summed E-state index contributed by atoms with van der Waals surface area (Å²) in [7, 11) is 0. The van der Waals surface area contributed by atoms with Crippen molar-refractivity contribution in [2.75, 3.05) is 31.1 Å². The van der Waals surface area contributed by atoms with Crippen LogP contribution in [0, 0.1) is 0 Å². The largest absolute Gasteiger partial charge is 0.354 e. The second kappa shape index (κ2) is 8.19. The van der Waals surface area contributed by atoms with Gasteiger partial charge in [0.2, 0.25) is 11.8 Å². The van der Waals surface area contributed by atoms with Crippen molar-refractivity contribution in [3.63, 3.8) is 0 Å². The van der Waals surface area contributed by atoms with Gasteiger partial charge >= 0.3 is 0 Å². The first-order valence-electron chi connectivity index (χ1n) is 9.51. The van der Waals surface area contributed by atoms with Crippen LogP contribution in [0.4, 0.5) is 5.13 Å². The van der Waals surface area contributed by atoms with Crippen LogP contribution >= 0.6 is 11.3 Å². The number of amides is 2. The third-order valence-corrected chi connectivity index (χ3v) is 6.21. The predicted molar refractivity (Wildman–Crippen MR) is 106 cm³/mol. The maximum absolute atomic E-state index is 13.2. The summed E-state index contributed by atoms with van der Waals surface area (Å²) in [4.78, 5) is 34.6. The molecule has 1 aliphatic heterocycles. The van der Waals surface area contributed by atoms with Gasteiger partial charge in [-0.15, -0.1) is 11.3 Å². The first kappa shape index (κ1) is 18.1. The van der Waals surface area contributed by atoms with E-state index in [1.54, 1.807) is 16.2 Å².